The molecular formula is C21H20ClN3O2. The first-order valence-corrected chi connectivity index (χ1v) is 9.19. The van der Waals surface area contributed by atoms with Crippen LogP contribution in [0.2, 0.25) is 5.02 Å². The molecule has 2 aromatic carbocycles. The van der Waals surface area contributed by atoms with Gasteiger partial charge in [0.05, 0.1) is 28.7 Å². The molecule has 1 amide bonds. The van der Waals surface area contributed by atoms with E-state index >= 15 is 0 Å². The molecule has 0 bridgehead atoms. The number of benzene rings is 2. The van der Waals surface area contributed by atoms with Gasteiger partial charge in [-0.05, 0) is 55.8 Å². The van der Waals surface area contributed by atoms with Crippen LogP contribution in [0.3, 0.4) is 0 Å². The summed E-state index contributed by atoms with van der Waals surface area (Å²) in [5.41, 5.74) is 5.01. The summed E-state index contributed by atoms with van der Waals surface area (Å²) in [5.74, 6) is 0.825. The lowest BCUT2D eigenvalue weighted by Gasteiger charge is -2.18. The average molecular weight is 382 g/mol. The number of ether oxygens (including phenoxy) is 1. The Kier molecular flexibility index (Phi) is 4.40. The zero-order chi connectivity index (χ0) is 19.1. The summed E-state index contributed by atoms with van der Waals surface area (Å²) in [6.07, 6.45) is 0.874. The Morgan fingerprint density at radius 3 is 2.78 bits per heavy atom. The quantitative estimate of drug-likeness (QED) is 0.677. The molecule has 6 heteroatoms. The molecule has 0 saturated heterocycles. The number of fused-ring (bicyclic) bond motifs is 1. The molecule has 2 heterocycles. The van der Waals surface area contributed by atoms with E-state index in [1.807, 2.05) is 56.3 Å². The van der Waals surface area contributed by atoms with Gasteiger partial charge in [-0.1, -0.05) is 17.7 Å². The van der Waals surface area contributed by atoms with Crippen molar-refractivity contribution in [2.45, 2.75) is 20.3 Å². The summed E-state index contributed by atoms with van der Waals surface area (Å²) in [6, 6.07) is 13.3. The Labute approximate surface area is 163 Å². The monoisotopic (exact) mass is 381 g/mol. The van der Waals surface area contributed by atoms with Crippen LogP contribution < -0.4 is 9.64 Å². The second-order valence-electron chi connectivity index (χ2n) is 6.70. The topological polar surface area (TPSA) is 47.4 Å². The maximum Gasteiger partial charge on any atom is 0.258 e. The third-order valence-electron chi connectivity index (χ3n) is 4.91. The van der Waals surface area contributed by atoms with Crippen molar-refractivity contribution in [2.24, 2.45) is 0 Å². The number of aryl methyl sites for hydroxylation is 1. The smallest absolute Gasteiger partial charge is 0.258 e. The van der Waals surface area contributed by atoms with E-state index < -0.39 is 0 Å². The van der Waals surface area contributed by atoms with Gasteiger partial charge in [-0.3, -0.25) is 4.79 Å². The van der Waals surface area contributed by atoms with Gasteiger partial charge < -0.3 is 9.64 Å². The van der Waals surface area contributed by atoms with Gasteiger partial charge in [0.25, 0.3) is 5.91 Å². The van der Waals surface area contributed by atoms with E-state index in [-0.39, 0.29) is 5.91 Å². The molecule has 1 aliphatic heterocycles. The molecule has 1 aromatic heterocycles. The van der Waals surface area contributed by atoms with Crippen LogP contribution in [0.5, 0.6) is 5.75 Å². The third-order valence-corrected chi connectivity index (χ3v) is 5.45. The Morgan fingerprint density at radius 1 is 1.22 bits per heavy atom. The molecule has 0 N–H and O–H groups in total. The Hall–Kier alpha value is -2.79. The van der Waals surface area contributed by atoms with Crippen molar-refractivity contribution in [2.75, 3.05) is 18.6 Å². The van der Waals surface area contributed by atoms with Crippen LogP contribution >= 0.6 is 11.6 Å². The van der Waals surface area contributed by atoms with E-state index in [1.54, 1.807) is 16.6 Å². The fraction of sp³-hybridized carbons (Fsp3) is 0.238. The van der Waals surface area contributed by atoms with Crippen LogP contribution in [0.15, 0.2) is 42.5 Å². The predicted molar refractivity (Wildman–Crippen MR) is 106 cm³/mol. The van der Waals surface area contributed by atoms with Gasteiger partial charge in [0, 0.05) is 24.7 Å². The predicted octanol–water partition coefficient (Wildman–Crippen LogP) is 4.35. The van der Waals surface area contributed by atoms with Crippen LogP contribution in [0, 0.1) is 13.8 Å². The molecule has 4 rings (SSSR count). The second kappa shape index (κ2) is 6.74. The normalized spacial score (nSPS) is 12.6. The van der Waals surface area contributed by atoms with Gasteiger partial charge in [-0.15, -0.1) is 0 Å². The van der Waals surface area contributed by atoms with Crippen LogP contribution in [-0.4, -0.2) is 29.3 Å². The van der Waals surface area contributed by atoms with Crippen LogP contribution in [-0.2, 0) is 6.42 Å². The molecule has 0 saturated carbocycles. The first kappa shape index (κ1) is 17.6. The number of hydrogen-bond donors (Lipinski definition) is 0. The Morgan fingerprint density at radius 2 is 2.04 bits per heavy atom. The Bertz CT molecular complexity index is 1040. The van der Waals surface area contributed by atoms with Crippen molar-refractivity contribution >= 4 is 23.2 Å². The number of halogens is 1. The van der Waals surface area contributed by atoms with Crippen molar-refractivity contribution in [1.29, 1.82) is 0 Å². The molecule has 0 radical (unpaired) electrons. The van der Waals surface area contributed by atoms with Gasteiger partial charge in [0.2, 0.25) is 0 Å². The van der Waals surface area contributed by atoms with Gasteiger partial charge in [-0.25, -0.2) is 4.68 Å². The summed E-state index contributed by atoms with van der Waals surface area (Å²) in [6.45, 7) is 4.48. The highest BCUT2D eigenvalue weighted by Gasteiger charge is 2.19. The maximum atomic E-state index is 13.0. The highest BCUT2D eigenvalue weighted by atomic mass is 35.5. The van der Waals surface area contributed by atoms with Crippen molar-refractivity contribution in [1.82, 2.24) is 9.78 Å². The van der Waals surface area contributed by atoms with Crippen molar-refractivity contribution in [3.8, 4) is 11.4 Å². The molecule has 0 fully saturated rings. The molecule has 27 heavy (non-hydrogen) atoms. The lowest BCUT2D eigenvalue weighted by molar-refractivity contribution is 0.0993. The molecule has 5 nitrogen and oxygen atoms in total. The SMILES string of the molecule is Cc1nn(-c2cccc(C(=O)N(C)c3ccc4c(c3)CCO4)c2)c(C)c1Cl. The second-order valence-corrected chi connectivity index (χ2v) is 7.08. The lowest BCUT2D eigenvalue weighted by atomic mass is 10.1. The first-order valence-electron chi connectivity index (χ1n) is 8.81. The zero-order valence-corrected chi connectivity index (χ0v) is 16.2. The minimum absolute atomic E-state index is 0.0802. The summed E-state index contributed by atoms with van der Waals surface area (Å²) in [5, 5.41) is 5.11. The number of carbonyl (C=O) groups excluding carboxylic acids is 1. The number of rotatable bonds is 3. The number of carbonyl (C=O) groups is 1. The van der Waals surface area contributed by atoms with E-state index in [0.29, 0.717) is 17.2 Å². The standard InChI is InChI=1S/C21H20ClN3O2/c1-13-20(22)14(2)25(23-13)18-6-4-5-16(12-18)21(26)24(3)17-7-8-19-15(11-17)9-10-27-19/h4-8,11-12H,9-10H2,1-3H3. The summed E-state index contributed by atoms with van der Waals surface area (Å²) in [4.78, 5) is 14.7. The minimum atomic E-state index is -0.0802. The van der Waals surface area contributed by atoms with Gasteiger partial charge >= 0.3 is 0 Å². The van der Waals surface area contributed by atoms with E-state index in [4.69, 9.17) is 16.3 Å². The number of aromatic nitrogens is 2. The fourth-order valence-electron chi connectivity index (χ4n) is 3.34. The average Bonchev–Trinajstić information content (AvgIpc) is 3.26. The van der Waals surface area contributed by atoms with Crippen LogP contribution in [0.25, 0.3) is 5.69 Å². The van der Waals surface area contributed by atoms with Gasteiger partial charge in [0.15, 0.2) is 0 Å². The minimum Gasteiger partial charge on any atom is -0.493 e. The molecule has 0 atom stereocenters. The largest absolute Gasteiger partial charge is 0.493 e. The molecule has 0 spiro atoms. The highest BCUT2D eigenvalue weighted by molar-refractivity contribution is 6.31. The molecule has 0 unspecified atom stereocenters. The molecule has 3 aromatic rings. The zero-order valence-electron chi connectivity index (χ0n) is 15.5. The molecule has 0 aliphatic carbocycles. The molecular weight excluding hydrogens is 362 g/mol. The number of amides is 1. The summed E-state index contributed by atoms with van der Waals surface area (Å²) in [7, 11) is 1.78. The van der Waals surface area contributed by atoms with Crippen LogP contribution in [0.4, 0.5) is 5.69 Å². The molecule has 1 aliphatic rings. The van der Waals surface area contributed by atoms with Gasteiger partial charge in [0.1, 0.15) is 5.75 Å². The first-order chi connectivity index (χ1) is 13.0. The summed E-state index contributed by atoms with van der Waals surface area (Å²) >= 11 is 6.26. The number of nitrogens with zero attached hydrogens (tertiary/aromatic N) is 3. The van der Waals surface area contributed by atoms with Gasteiger partial charge in [-0.2, -0.15) is 5.10 Å². The van der Waals surface area contributed by atoms with E-state index in [9.17, 15) is 4.79 Å². The third kappa shape index (κ3) is 3.08. The van der Waals surface area contributed by atoms with Crippen molar-refractivity contribution < 1.29 is 9.53 Å². The number of hydrogen-bond acceptors (Lipinski definition) is 3. The van der Waals surface area contributed by atoms with E-state index in [0.717, 1.165) is 40.5 Å². The van der Waals surface area contributed by atoms with E-state index in [2.05, 4.69) is 5.10 Å². The Balaban J connectivity index is 1.65. The maximum absolute atomic E-state index is 13.0. The molecule has 138 valence electrons. The van der Waals surface area contributed by atoms with Crippen molar-refractivity contribution in [3.05, 3.63) is 70.0 Å². The van der Waals surface area contributed by atoms with Crippen LogP contribution in [0.1, 0.15) is 27.3 Å². The fourth-order valence-corrected chi connectivity index (χ4v) is 3.46. The lowest BCUT2D eigenvalue weighted by Crippen LogP contribution is -2.26. The number of anilines is 1. The highest BCUT2D eigenvalue weighted by Crippen LogP contribution is 2.30. The van der Waals surface area contributed by atoms with E-state index in [1.165, 1.54) is 0 Å². The summed E-state index contributed by atoms with van der Waals surface area (Å²) < 4.78 is 7.31. The van der Waals surface area contributed by atoms with Crippen molar-refractivity contribution in [3.63, 3.8) is 0 Å².